The van der Waals surface area contributed by atoms with Crippen LogP contribution in [-0.2, 0) is 17.1 Å². The van der Waals surface area contributed by atoms with Crippen LogP contribution in [0.3, 0.4) is 0 Å². The third kappa shape index (κ3) is 6.63. The van der Waals surface area contributed by atoms with Gasteiger partial charge in [-0.3, -0.25) is 5.56 Å². The Balaban J connectivity index is 0.000000530. The fourth-order valence-electron chi connectivity index (χ4n) is 4.57. The topological polar surface area (TPSA) is 26.3 Å². The molecule has 0 amide bonds. The van der Waals surface area contributed by atoms with Crippen LogP contribution in [0.4, 0.5) is 0 Å². The maximum atomic E-state index is 5.91. The fourth-order valence-corrected chi connectivity index (χ4v) is 9.86. The van der Waals surface area contributed by atoms with E-state index >= 15 is 0 Å². The zero-order valence-corrected chi connectivity index (χ0v) is 24.8. The molecule has 0 spiro atoms. The van der Waals surface area contributed by atoms with E-state index in [1.807, 2.05) is 12.1 Å². The second kappa shape index (κ2) is 13.9. The Labute approximate surface area is 244 Å². The molecule has 39 heavy (non-hydrogen) atoms. The van der Waals surface area contributed by atoms with Gasteiger partial charge in [0.2, 0.25) is 0 Å². The van der Waals surface area contributed by atoms with Crippen molar-refractivity contribution in [1.29, 1.82) is 0 Å². The van der Waals surface area contributed by atoms with Gasteiger partial charge >= 0.3 is 17.1 Å². The van der Waals surface area contributed by atoms with Gasteiger partial charge in [-0.2, -0.15) is 0 Å². The summed E-state index contributed by atoms with van der Waals surface area (Å²) in [5, 5.41) is 4.11. The molecular formula is C34H27FeO2P2-5. The van der Waals surface area contributed by atoms with Crippen molar-refractivity contribution in [3.05, 3.63) is 151 Å². The molecule has 6 rings (SSSR count). The summed E-state index contributed by atoms with van der Waals surface area (Å²) in [5.74, 6) is 0. The Kier molecular flexibility index (Phi) is 10.4. The number of benzene rings is 2. The Morgan fingerprint density at radius 1 is 0.769 bits per heavy atom. The summed E-state index contributed by atoms with van der Waals surface area (Å²) in [6, 6.07) is 45.5. The normalized spacial score (nSPS) is 11.6. The molecular weight excluding hydrogens is 558 g/mol. The van der Waals surface area contributed by atoms with E-state index in [1.165, 1.54) is 32.6 Å². The molecule has 2 nitrogen and oxygen atoms in total. The predicted octanol–water partition coefficient (Wildman–Crippen LogP) is 6.56. The molecule has 198 valence electrons. The first-order chi connectivity index (χ1) is 18.6. The van der Waals surface area contributed by atoms with Gasteiger partial charge in [-0.15, -0.1) is 0 Å². The fraction of sp³-hybridized carbons (Fsp3) is 0.118. The molecule has 0 fully saturated rings. The van der Waals surface area contributed by atoms with Gasteiger partial charge in [-0.05, 0) is 73.4 Å². The number of hydrogen-bond acceptors (Lipinski definition) is 2. The molecule has 2 aromatic heterocycles. The quantitative estimate of drug-likeness (QED) is 0.121. The Hall–Kier alpha value is -2.92. The second-order valence-corrected chi connectivity index (χ2v) is 13.3. The van der Waals surface area contributed by atoms with Gasteiger partial charge in [0.05, 0.1) is 12.5 Å². The minimum atomic E-state index is -0.920. The molecule has 0 aliphatic rings. The molecule has 1 atom stereocenters. The Bertz CT molecular complexity index is 1420. The molecule has 0 saturated heterocycles. The van der Waals surface area contributed by atoms with Crippen molar-refractivity contribution < 1.29 is 25.9 Å². The first-order valence-corrected chi connectivity index (χ1v) is 15.2. The van der Waals surface area contributed by atoms with Crippen LogP contribution in [0.2, 0.25) is 0 Å². The first kappa shape index (κ1) is 29.1. The van der Waals surface area contributed by atoms with Crippen molar-refractivity contribution in [2.75, 3.05) is 0 Å². The predicted molar refractivity (Wildman–Crippen MR) is 158 cm³/mol. The maximum absolute atomic E-state index is 5.91. The van der Waals surface area contributed by atoms with E-state index in [0.717, 1.165) is 11.0 Å². The van der Waals surface area contributed by atoms with Gasteiger partial charge in [0, 0.05) is 0 Å². The van der Waals surface area contributed by atoms with Crippen molar-refractivity contribution in [1.82, 2.24) is 0 Å². The van der Waals surface area contributed by atoms with E-state index in [1.54, 1.807) is 18.6 Å². The molecule has 0 radical (unpaired) electrons. The van der Waals surface area contributed by atoms with Crippen LogP contribution in [0.15, 0.2) is 112 Å². The van der Waals surface area contributed by atoms with E-state index in [-0.39, 0.29) is 22.7 Å². The number of hydrogen-bond donors (Lipinski definition) is 0. The minimum Gasteiger partial charge on any atom is -0.999 e. The van der Waals surface area contributed by atoms with E-state index in [4.69, 9.17) is 8.83 Å². The van der Waals surface area contributed by atoms with Crippen LogP contribution >= 0.6 is 15.8 Å². The van der Waals surface area contributed by atoms with Gasteiger partial charge in [-0.1, -0.05) is 63.4 Å². The molecule has 5 heteroatoms. The molecule has 0 aliphatic heterocycles. The largest absolute Gasteiger partial charge is 2.00 e. The molecule has 4 aromatic carbocycles. The monoisotopic (exact) mass is 585 g/mol. The molecule has 0 aliphatic carbocycles. The number of rotatable bonds is 7. The molecule has 0 unspecified atom stereocenters. The summed E-state index contributed by atoms with van der Waals surface area (Å²) in [6.45, 7) is 6.81. The Morgan fingerprint density at radius 2 is 1.31 bits per heavy atom. The zero-order valence-electron chi connectivity index (χ0n) is 22.0. The maximum Gasteiger partial charge on any atom is 2.00 e. The van der Waals surface area contributed by atoms with Crippen molar-refractivity contribution in [3.8, 4) is 0 Å². The summed E-state index contributed by atoms with van der Waals surface area (Å²) < 4.78 is 11.8. The molecule has 6 aromatic rings. The zero-order chi connectivity index (χ0) is 26.3. The summed E-state index contributed by atoms with van der Waals surface area (Å²) in [4.78, 5) is 0. The van der Waals surface area contributed by atoms with Crippen LogP contribution < -0.4 is 26.9 Å². The van der Waals surface area contributed by atoms with Gasteiger partial charge in [0.15, 0.2) is 0 Å². The Morgan fingerprint density at radius 3 is 1.74 bits per heavy atom. The molecule has 0 N–H and O–H groups in total. The second-order valence-electron chi connectivity index (χ2n) is 8.82. The molecule has 0 saturated carbocycles. The van der Waals surface area contributed by atoms with E-state index in [9.17, 15) is 0 Å². The standard InChI is InChI=1S/C29H26O2P2.C5H.Fe/c1-21-11-4-6-14-25(21)32(26-15-7-5-12-22(26)2)23(3)24-13-8-16-27(24)33(28-17-9-19-30-28)29-18-10-20-31-29;1-2-4-5-3-1;/h4-12,14-20,23H,1-3H3;1H;/q-2;-5;+2/t23-;;/m1../s1. The first-order valence-electron chi connectivity index (χ1n) is 12.4. The van der Waals surface area contributed by atoms with Crippen molar-refractivity contribution in [3.63, 3.8) is 0 Å². The van der Waals surface area contributed by atoms with Gasteiger partial charge in [0.25, 0.3) is 0 Å². The van der Waals surface area contributed by atoms with Crippen LogP contribution in [0, 0.1) is 44.2 Å². The van der Waals surface area contributed by atoms with Crippen molar-refractivity contribution in [2.45, 2.75) is 26.4 Å². The van der Waals surface area contributed by atoms with Gasteiger partial charge in [0.1, 0.15) is 11.0 Å². The van der Waals surface area contributed by atoms with E-state index < -0.39 is 15.8 Å². The summed E-state index contributed by atoms with van der Waals surface area (Å²) >= 11 is 0. The SMILES string of the molecule is Cc1ccccc1P(c1ccccc1C)[C@H](C)c1[c-]cc[c-]1P(c1ccco1)c1ccco1.[Fe+2].[c-]1[c-][c-][cH-][c-]1. The van der Waals surface area contributed by atoms with Crippen molar-refractivity contribution >= 4 is 42.8 Å². The van der Waals surface area contributed by atoms with Crippen LogP contribution in [0.25, 0.3) is 0 Å². The van der Waals surface area contributed by atoms with Crippen molar-refractivity contribution in [2.24, 2.45) is 0 Å². The summed E-state index contributed by atoms with van der Waals surface area (Å²) in [6.07, 6.45) is 3.49. The average Bonchev–Trinajstić information content (AvgIpc) is 3.77. The third-order valence-electron chi connectivity index (χ3n) is 6.36. The smallest absolute Gasteiger partial charge is 0.999 e. The minimum absolute atomic E-state index is 0. The molecule has 2 heterocycles. The van der Waals surface area contributed by atoms with Crippen LogP contribution in [-0.4, -0.2) is 0 Å². The van der Waals surface area contributed by atoms with E-state index in [2.05, 4.69) is 124 Å². The summed E-state index contributed by atoms with van der Waals surface area (Å²) in [7, 11) is -1.56. The van der Waals surface area contributed by atoms with Gasteiger partial charge < -0.3 is 62.7 Å². The van der Waals surface area contributed by atoms with Crippen LogP contribution in [0.5, 0.6) is 0 Å². The number of furan rings is 2. The molecule has 0 bridgehead atoms. The van der Waals surface area contributed by atoms with Gasteiger partial charge in [-0.25, -0.2) is 0 Å². The summed E-state index contributed by atoms with van der Waals surface area (Å²) in [5.41, 5.74) is 6.11. The van der Waals surface area contributed by atoms with E-state index in [0.29, 0.717) is 0 Å². The van der Waals surface area contributed by atoms with Crippen LogP contribution in [0.1, 0.15) is 29.3 Å². The third-order valence-corrected chi connectivity index (χ3v) is 11.7. The number of aryl methyl sites for hydroxylation is 2. The average molecular weight is 585 g/mol.